The predicted octanol–water partition coefficient (Wildman–Crippen LogP) is 3.06. The first kappa shape index (κ1) is 12.9. The molecule has 0 radical (unpaired) electrons. The van der Waals surface area contributed by atoms with E-state index in [0.29, 0.717) is 11.6 Å². The van der Waals surface area contributed by atoms with Crippen molar-refractivity contribution < 1.29 is 4.74 Å². The van der Waals surface area contributed by atoms with Crippen molar-refractivity contribution >= 4 is 22.9 Å². The molecule has 0 saturated heterocycles. The minimum Gasteiger partial charge on any atom is -0.493 e. The Labute approximate surface area is 121 Å². The quantitative estimate of drug-likeness (QED) is 0.941. The van der Waals surface area contributed by atoms with E-state index in [1.807, 2.05) is 24.3 Å². The van der Waals surface area contributed by atoms with Crippen molar-refractivity contribution in [3.63, 3.8) is 0 Å². The molecule has 2 heterocycles. The van der Waals surface area contributed by atoms with Gasteiger partial charge in [-0.2, -0.15) is 0 Å². The third kappa shape index (κ3) is 3.26. The van der Waals surface area contributed by atoms with Crippen molar-refractivity contribution in [2.45, 2.75) is 19.4 Å². The third-order valence-electron chi connectivity index (χ3n) is 3.03. The van der Waals surface area contributed by atoms with Crippen LogP contribution < -0.4 is 10.1 Å². The maximum absolute atomic E-state index is 5.91. The molecule has 100 valence electrons. The predicted molar refractivity (Wildman–Crippen MR) is 78.2 cm³/mol. The summed E-state index contributed by atoms with van der Waals surface area (Å²) in [5.74, 6) is 0.815. The molecule has 0 fully saturated rings. The molecule has 1 aromatic heterocycles. The van der Waals surface area contributed by atoms with Crippen LogP contribution >= 0.6 is 22.9 Å². The first-order valence-corrected chi connectivity index (χ1v) is 7.57. The second-order valence-electron chi connectivity index (χ2n) is 4.46. The Bertz CT molecular complexity index is 547. The van der Waals surface area contributed by atoms with Crippen molar-refractivity contribution in [1.29, 1.82) is 0 Å². The minimum absolute atomic E-state index is 0.639. The Kier molecular flexibility index (Phi) is 4.01. The molecule has 0 bridgehead atoms. The maximum Gasteiger partial charge on any atom is 0.120 e. The second-order valence-corrected chi connectivity index (χ2v) is 6.06. The van der Waals surface area contributed by atoms with E-state index >= 15 is 0 Å². The first-order valence-electron chi connectivity index (χ1n) is 6.38. The summed E-state index contributed by atoms with van der Waals surface area (Å²) in [7, 11) is 0. The highest BCUT2D eigenvalue weighted by Gasteiger charge is 2.14. The summed E-state index contributed by atoms with van der Waals surface area (Å²) >= 11 is 7.71. The number of halogens is 1. The molecule has 19 heavy (non-hydrogen) atoms. The average Bonchev–Trinajstić information content (AvgIpc) is 2.81. The van der Waals surface area contributed by atoms with Crippen LogP contribution in [-0.2, 0) is 19.4 Å². The third-order valence-corrected chi connectivity index (χ3v) is 4.42. The highest BCUT2D eigenvalue weighted by molar-refractivity contribution is 7.11. The minimum atomic E-state index is 0.639. The van der Waals surface area contributed by atoms with E-state index < -0.39 is 0 Å². The van der Waals surface area contributed by atoms with Gasteiger partial charge in [-0.05, 0) is 18.2 Å². The summed E-state index contributed by atoms with van der Waals surface area (Å²) in [4.78, 5) is 6.05. The zero-order valence-corrected chi connectivity index (χ0v) is 12.1. The van der Waals surface area contributed by atoms with Gasteiger partial charge in [0.2, 0.25) is 0 Å². The summed E-state index contributed by atoms with van der Waals surface area (Å²) in [5, 5.41) is 5.23. The molecule has 0 amide bonds. The number of rotatable bonds is 4. The Morgan fingerprint density at radius 2 is 2.37 bits per heavy atom. The monoisotopic (exact) mass is 294 g/mol. The molecule has 3 rings (SSSR count). The molecule has 3 nitrogen and oxygen atoms in total. The number of thiazole rings is 1. The normalized spacial score (nSPS) is 14.2. The van der Waals surface area contributed by atoms with Gasteiger partial charge in [-0.3, -0.25) is 0 Å². The van der Waals surface area contributed by atoms with E-state index in [1.165, 1.54) is 10.6 Å². The van der Waals surface area contributed by atoms with Gasteiger partial charge in [-0.1, -0.05) is 17.7 Å². The summed E-state index contributed by atoms with van der Waals surface area (Å²) in [5.41, 5.74) is 1.27. The second kappa shape index (κ2) is 5.90. The van der Waals surface area contributed by atoms with Gasteiger partial charge in [-0.25, -0.2) is 4.98 Å². The van der Waals surface area contributed by atoms with Crippen molar-refractivity contribution in [2.75, 3.05) is 13.2 Å². The van der Waals surface area contributed by atoms with E-state index in [-0.39, 0.29) is 0 Å². The SMILES string of the molecule is Clc1cccc(OCCc2nc3c(s2)CNCC3)c1. The Hall–Kier alpha value is -1.10. The van der Waals surface area contributed by atoms with Crippen LogP contribution in [0.15, 0.2) is 24.3 Å². The highest BCUT2D eigenvalue weighted by atomic mass is 35.5. The van der Waals surface area contributed by atoms with Gasteiger partial charge < -0.3 is 10.1 Å². The number of hydrogen-bond donors (Lipinski definition) is 1. The zero-order chi connectivity index (χ0) is 13.1. The van der Waals surface area contributed by atoms with Crippen LogP contribution in [0.25, 0.3) is 0 Å². The highest BCUT2D eigenvalue weighted by Crippen LogP contribution is 2.22. The number of hydrogen-bond acceptors (Lipinski definition) is 4. The van der Waals surface area contributed by atoms with E-state index in [4.69, 9.17) is 16.3 Å². The lowest BCUT2D eigenvalue weighted by Crippen LogP contribution is -2.22. The largest absolute Gasteiger partial charge is 0.493 e. The molecule has 1 aromatic carbocycles. The van der Waals surface area contributed by atoms with Gasteiger partial charge in [-0.15, -0.1) is 11.3 Å². The molecular formula is C14H15ClN2OS. The van der Waals surface area contributed by atoms with E-state index in [0.717, 1.165) is 36.7 Å². The molecule has 0 unspecified atom stereocenters. The number of aromatic nitrogens is 1. The lowest BCUT2D eigenvalue weighted by Gasteiger charge is -2.09. The summed E-state index contributed by atoms with van der Waals surface area (Å²) in [6, 6.07) is 7.49. The smallest absolute Gasteiger partial charge is 0.120 e. The summed E-state index contributed by atoms with van der Waals surface area (Å²) < 4.78 is 5.69. The van der Waals surface area contributed by atoms with E-state index in [2.05, 4.69) is 10.3 Å². The number of nitrogens with zero attached hydrogens (tertiary/aromatic N) is 1. The molecule has 1 aliphatic rings. The van der Waals surface area contributed by atoms with E-state index in [1.54, 1.807) is 11.3 Å². The molecule has 0 aliphatic carbocycles. The summed E-state index contributed by atoms with van der Waals surface area (Å²) in [6.45, 7) is 2.64. The molecule has 0 saturated carbocycles. The van der Waals surface area contributed by atoms with Crippen LogP contribution in [0.4, 0.5) is 0 Å². The van der Waals surface area contributed by atoms with Gasteiger partial charge in [0.1, 0.15) is 5.75 Å². The lowest BCUT2D eigenvalue weighted by atomic mass is 10.2. The van der Waals surface area contributed by atoms with Gasteiger partial charge in [0.05, 0.1) is 17.3 Å². The zero-order valence-electron chi connectivity index (χ0n) is 10.5. The molecule has 1 N–H and O–H groups in total. The molecule has 0 atom stereocenters. The van der Waals surface area contributed by atoms with Crippen LogP contribution in [0.3, 0.4) is 0 Å². The van der Waals surface area contributed by atoms with E-state index in [9.17, 15) is 0 Å². The Morgan fingerprint density at radius 3 is 3.21 bits per heavy atom. The number of nitrogens with one attached hydrogen (secondary N) is 1. The van der Waals surface area contributed by atoms with Gasteiger partial charge >= 0.3 is 0 Å². The van der Waals surface area contributed by atoms with Crippen molar-refractivity contribution in [2.24, 2.45) is 0 Å². The molecule has 0 spiro atoms. The fraction of sp³-hybridized carbons (Fsp3) is 0.357. The van der Waals surface area contributed by atoms with Crippen LogP contribution in [0.2, 0.25) is 5.02 Å². The number of benzene rings is 1. The van der Waals surface area contributed by atoms with Crippen LogP contribution in [-0.4, -0.2) is 18.1 Å². The van der Waals surface area contributed by atoms with Crippen LogP contribution in [0.1, 0.15) is 15.6 Å². The van der Waals surface area contributed by atoms with Crippen molar-refractivity contribution in [3.8, 4) is 5.75 Å². The van der Waals surface area contributed by atoms with Gasteiger partial charge in [0.15, 0.2) is 0 Å². The summed E-state index contributed by atoms with van der Waals surface area (Å²) in [6.07, 6.45) is 1.89. The topological polar surface area (TPSA) is 34.1 Å². The molecule has 2 aromatic rings. The first-order chi connectivity index (χ1) is 9.31. The maximum atomic E-state index is 5.91. The lowest BCUT2D eigenvalue weighted by molar-refractivity contribution is 0.321. The van der Waals surface area contributed by atoms with Crippen LogP contribution in [0, 0.1) is 0 Å². The number of ether oxygens (including phenoxy) is 1. The van der Waals surface area contributed by atoms with Gasteiger partial charge in [0.25, 0.3) is 0 Å². The Balaban J connectivity index is 1.56. The molecule has 5 heteroatoms. The van der Waals surface area contributed by atoms with Crippen LogP contribution in [0.5, 0.6) is 5.75 Å². The molecular weight excluding hydrogens is 280 g/mol. The standard InChI is InChI=1S/C14H15ClN2OS/c15-10-2-1-3-11(8-10)18-7-5-14-17-12-4-6-16-9-13(12)19-14/h1-3,8,16H,4-7,9H2. The van der Waals surface area contributed by atoms with Gasteiger partial charge in [0, 0.05) is 35.8 Å². The van der Waals surface area contributed by atoms with Crippen molar-refractivity contribution in [3.05, 3.63) is 44.9 Å². The molecule has 1 aliphatic heterocycles. The fourth-order valence-electron chi connectivity index (χ4n) is 2.10. The van der Waals surface area contributed by atoms with Crippen molar-refractivity contribution in [1.82, 2.24) is 10.3 Å². The Morgan fingerprint density at radius 1 is 1.42 bits per heavy atom. The fourth-order valence-corrected chi connectivity index (χ4v) is 3.34. The average molecular weight is 295 g/mol. The number of fused-ring (bicyclic) bond motifs is 1.